The van der Waals surface area contributed by atoms with Gasteiger partial charge in [0.15, 0.2) is 6.61 Å². The number of carboxylic acids is 1. The van der Waals surface area contributed by atoms with Crippen LogP contribution in [0.3, 0.4) is 0 Å². The lowest BCUT2D eigenvalue weighted by Crippen LogP contribution is -2.44. The molecule has 2 aliphatic heterocycles. The summed E-state index contributed by atoms with van der Waals surface area (Å²) >= 11 is 3.95. The highest BCUT2D eigenvalue weighted by Gasteiger charge is 2.28. The Labute approximate surface area is 156 Å². The number of carboxylic acid groups (broad SMARTS) is 1. The summed E-state index contributed by atoms with van der Waals surface area (Å²) in [6, 6.07) is 7.96. The summed E-state index contributed by atoms with van der Waals surface area (Å²) in [6.07, 6.45) is 2.64. The summed E-state index contributed by atoms with van der Waals surface area (Å²) in [5, 5.41) is 9.11. The number of carbonyl (C=O) groups excluding carboxylic acids is 1. The van der Waals surface area contributed by atoms with Gasteiger partial charge in [-0.2, -0.15) is 0 Å². The molecule has 0 aliphatic carbocycles. The summed E-state index contributed by atoms with van der Waals surface area (Å²) in [7, 11) is 0. The number of aliphatic carboxylic acids is 1. The van der Waals surface area contributed by atoms with Crippen LogP contribution in [0.2, 0.25) is 0 Å². The zero-order valence-electron chi connectivity index (χ0n) is 14.1. The van der Waals surface area contributed by atoms with Gasteiger partial charge in [0.2, 0.25) is 0 Å². The Balaban J connectivity index is 1.49. The van der Waals surface area contributed by atoms with Crippen molar-refractivity contribution in [2.24, 2.45) is 5.92 Å². The third-order valence-corrected chi connectivity index (χ3v) is 7.48. The van der Waals surface area contributed by atoms with Crippen molar-refractivity contribution in [2.45, 2.75) is 23.8 Å². The Kier molecular flexibility index (Phi) is 6.53. The number of benzene rings is 1. The number of nitrogens with zero attached hydrogens (tertiary/aromatic N) is 1. The Morgan fingerprint density at radius 1 is 1.16 bits per heavy atom. The average Bonchev–Trinajstić information content (AvgIpc) is 2.67. The number of carbonyl (C=O) groups is 2. The van der Waals surface area contributed by atoms with Crippen molar-refractivity contribution in [2.75, 3.05) is 31.2 Å². The van der Waals surface area contributed by atoms with Crippen molar-refractivity contribution in [1.82, 2.24) is 4.90 Å². The van der Waals surface area contributed by atoms with Gasteiger partial charge in [0.05, 0.1) is 10.5 Å². The van der Waals surface area contributed by atoms with Gasteiger partial charge in [0.25, 0.3) is 5.91 Å². The topological polar surface area (TPSA) is 66.8 Å². The number of hydrogen-bond acceptors (Lipinski definition) is 5. The molecule has 5 nitrogen and oxygen atoms in total. The molecule has 0 saturated carbocycles. The molecule has 0 radical (unpaired) electrons. The molecule has 136 valence electrons. The number of thioether (sulfide) groups is 2. The van der Waals surface area contributed by atoms with Crippen LogP contribution in [-0.2, 0) is 9.59 Å². The highest BCUT2D eigenvalue weighted by atomic mass is 32.2. The molecule has 3 rings (SSSR count). The quantitative estimate of drug-likeness (QED) is 0.844. The van der Waals surface area contributed by atoms with E-state index < -0.39 is 11.9 Å². The predicted octanol–water partition coefficient (Wildman–Crippen LogP) is 3.26. The van der Waals surface area contributed by atoms with E-state index in [9.17, 15) is 9.59 Å². The van der Waals surface area contributed by atoms with E-state index in [1.807, 2.05) is 35.7 Å². The van der Waals surface area contributed by atoms with Gasteiger partial charge >= 0.3 is 5.97 Å². The third-order valence-electron chi connectivity index (χ3n) is 4.47. The van der Waals surface area contributed by atoms with E-state index in [2.05, 4.69) is 12.1 Å². The van der Waals surface area contributed by atoms with Gasteiger partial charge in [-0.05, 0) is 48.5 Å². The van der Waals surface area contributed by atoms with Crippen LogP contribution >= 0.6 is 23.5 Å². The van der Waals surface area contributed by atoms with E-state index in [0.717, 1.165) is 6.42 Å². The van der Waals surface area contributed by atoms with Gasteiger partial charge in [-0.15, -0.1) is 23.5 Å². The molecule has 2 heterocycles. The van der Waals surface area contributed by atoms with Gasteiger partial charge < -0.3 is 14.7 Å². The largest absolute Gasteiger partial charge is 0.484 e. The molecule has 25 heavy (non-hydrogen) atoms. The summed E-state index contributed by atoms with van der Waals surface area (Å²) in [4.78, 5) is 24.9. The molecule has 2 saturated heterocycles. The van der Waals surface area contributed by atoms with Crippen molar-refractivity contribution < 1.29 is 19.4 Å². The van der Waals surface area contributed by atoms with Gasteiger partial charge in [-0.1, -0.05) is 12.1 Å². The monoisotopic (exact) mass is 381 g/mol. The van der Waals surface area contributed by atoms with E-state index >= 15 is 0 Å². The highest BCUT2D eigenvalue weighted by Crippen LogP contribution is 2.43. The Morgan fingerprint density at radius 2 is 1.88 bits per heavy atom. The van der Waals surface area contributed by atoms with Crippen LogP contribution in [0.25, 0.3) is 0 Å². The van der Waals surface area contributed by atoms with Crippen LogP contribution in [0.5, 0.6) is 5.75 Å². The maximum absolute atomic E-state index is 12.3. The lowest BCUT2D eigenvalue weighted by molar-refractivity contribution is -0.146. The molecule has 1 aromatic rings. The van der Waals surface area contributed by atoms with Crippen molar-refractivity contribution >= 4 is 35.4 Å². The SMILES string of the molecule is O=C(O)[C@H]1CCCN(C(=O)COc2ccc(C3SCCCS3)cc2)C1. The van der Waals surface area contributed by atoms with Crippen LogP contribution in [0.1, 0.15) is 29.4 Å². The lowest BCUT2D eigenvalue weighted by Gasteiger charge is -2.30. The lowest BCUT2D eigenvalue weighted by atomic mass is 9.98. The number of amides is 1. The molecule has 2 aliphatic rings. The molecule has 1 N–H and O–H groups in total. The van der Waals surface area contributed by atoms with Crippen LogP contribution in [0.4, 0.5) is 0 Å². The normalized spacial score (nSPS) is 21.8. The summed E-state index contributed by atoms with van der Waals surface area (Å²) in [5.41, 5.74) is 1.29. The first-order valence-corrected chi connectivity index (χ1v) is 10.7. The second-order valence-electron chi connectivity index (χ2n) is 6.30. The molecule has 7 heteroatoms. The number of likely N-dealkylation sites (tertiary alicyclic amines) is 1. The Morgan fingerprint density at radius 3 is 2.56 bits per heavy atom. The zero-order chi connectivity index (χ0) is 17.6. The minimum atomic E-state index is -0.826. The van der Waals surface area contributed by atoms with Crippen molar-refractivity contribution in [1.29, 1.82) is 0 Å². The molecule has 1 atom stereocenters. The molecule has 0 spiro atoms. The fraction of sp³-hybridized carbons (Fsp3) is 0.556. The smallest absolute Gasteiger partial charge is 0.308 e. The summed E-state index contributed by atoms with van der Waals surface area (Å²) in [5.74, 6) is 1.66. The van der Waals surface area contributed by atoms with Gasteiger partial charge in [0, 0.05) is 13.1 Å². The molecular weight excluding hydrogens is 358 g/mol. The van der Waals surface area contributed by atoms with Crippen LogP contribution < -0.4 is 4.74 Å². The molecule has 0 aromatic heterocycles. The average molecular weight is 382 g/mol. The van der Waals surface area contributed by atoms with Crippen molar-refractivity contribution in [3.05, 3.63) is 29.8 Å². The van der Waals surface area contributed by atoms with Gasteiger partial charge in [-0.25, -0.2) is 0 Å². The van der Waals surface area contributed by atoms with Crippen LogP contribution in [-0.4, -0.2) is 53.1 Å². The number of piperidine rings is 1. The fourth-order valence-corrected chi connectivity index (χ4v) is 5.94. The van der Waals surface area contributed by atoms with Crippen LogP contribution in [0.15, 0.2) is 24.3 Å². The first kappa shape index (κ1) is 18.5. The van der Waals surface area contributed by atoms with Gasteiger partial charge in [-0.3, -0.25) is 9.59 Å². The zero-order valence-corrected chi connectivity index (χ0v) is 15.7. The molecule has 2 fully saturated rings. The van der Waals surface area contributed by atoms with E-state index in [-0.39, 0.29) is 19.1 Å². The van der Waals surface area contributed by atoms with Crippen LogP contribution in [0, 0.1) is 5.92 Å². The number of rotatable bonds is 5. The highest BCUT2D eigenvalue weighted by molar-refractivity contribution is 8.16. The number of hydrogen-bond donors (Lipinski definition) is 1. The Hall–Kier alpha value is -1.34. The van der Waals surface area contributed by atoms with Gasteiger partial charge in [0.1, 0.15) is 5.75 Å². The maximum atomic E-state index is 12.3. The molecular formula is C18H23NO4S2. The third kappa shape index (κ3) is 5.07. The first-order chi connectivity index (χ1) is 12.1. The molecule has 0 unspecified atom stereocenters. The minimum absolute atomic E-state index is 0.0430. The summed E-state index contributed by atoms with van der Waals surface area (Å²) < 4.78 is 6.10. The van der Waals surface area contributed by atoms with E-state index in [4.69, 9.17) is 9.84 Å². The first-order valence-electron chi connectivity index (χ1n) is 8.60. The second kappa shape index (κ2) is 8.85. The van der Waals surface area contributed by atoms with E-state index in [0.29, 0.717) is 23.3 Å². The van der Waals surface area contributed by atoms with E-state index in [1.165, 1.54) is 23.5 Å². The Bertz CT molecular complexity index is 602. The number of ether oxygens (including phenoxy) is 1. The standard InChI is InChI=1S/C18H23NO4S2/c20-16(19-8-1-3-14(11-19)17(21)22)12-23-15-6-4-13(5-7-15)18-24-9-2-10-25-18/h4-7,14,18H,1-3,8-12H2,(H,21,22)/t14-/m0/s1. The molecule has 1 amide bonds. The second-order valence-corrected chi connectivity index (χ2v) is 9.03. The minimum Gasteiger partial charge on any atom is -0.484 e. The van der Waals surface area contributed by atoms with Crippen molar-refractivity contribution in [3.8, 4) is 5.75 Å². The fourth-order valence-electron chi connectivity index (χ4n) is 3.04. The van der Waals surface area contributed by atoms with Crippen molar-refractivity contribution in [3.63, 3.8) is 0 Å². The van der Waals surface area contributed by atoms with E-state index in [1.54, 1.807) is 4.90 Å². The maximum Gasteiger partial charge on any atom is 0.308 e. The predicted molar refractivity (Wildman–Crippen MR) is 101 cm³/mol. The summed E-state index contributed by atoms with van der Waals surface area (Å²) in [6.45, 7) is 0.853. The molecule has 0 bridgehead atoms. The molecule has 1 aromatic carbocycles.